The maximum absolute atomic E-state index is 13.0. The minimum Gasteiger partial charge on any atom is -0.392 e. The van der Waals surface area contributed by atoms with Crippen LogP contribution in [0.4, 0.5) is 8.78 Å². The van der Waals surface area contributed by atoms with Gasteiger partial charge in [-0.3, -0.25) is 0 Å². The van der Waals surface area contributed by atoms with Crippen LogP contribution in [-0.2, 0) is 6.42 Å². The average molecular weight is 243 g/mol. The molecule has 0 amide bonds. The first-order valence-electron chi connectivity index (χ1n) is 5.77. The quantitative estimate of drug-likeness (QED) is 0.832. The highest BCUT2D eigenvalue weighted by Crippen LogP contribution is 2.19. The summed E-state index contributed by atoms with van der Waals surface area (Å²) in [5.41, 5.74) is 6.03. The number of nitrogens with two attached hydrogens (primary N) is 1. The monoisotopic (exact) mass is 243 g/mol. The number of rotatable bonds is 5. The van der Waals surface area contributed by atoms with E-state index in [1.807, 2.05) is 13.8 Å². The highest BCUT2D eigenvalue weighted by molar-refractivity contribution is 5.18. The lowest BCUT2D eigenvalue weighted by atomic mass is 9.87. The zero-order valence-electron chi connectivity index (χ0n) is 10.2. The molecule has 0 radical (unpaired) electrons. The summed E-state index contributed by atoms with van der Waals surface area (Å²) in [7, 11) is 0. The number of hydrogen-bond donors (Lipinski definition) is 2. The maximum atomic E-state index is 13.0. The lowest BCUT2D eigenvalue weighted by molar-refractivity contribution is 0.0862. The molecule has 0 bridgehead atoms. The predicted octanol–water partition coefficient (Wildman–Crippen LogP) is 2.10. The lowest BCUT2D eigenvalue weighted by Crippen LogP contribution is -2.33. The zero-order chi connectivity index (χ0) is 13.0. The summed E-state index contributed by atoms with van der Waals surface area (Å²) in [5.74, 6) is -1.09. The maximum Gasteiger partial charge on any atom is 0.126 e. The molecule has 0 saturated heterocycles. The molecule has 1 rings (SSSR count). The van der Waals surface area contributed by atoms with E-state index in [0.717, 1.165) is 6.07 Å². The van der Waals surface area contributed by atoms with Crippen molar-refractivity contribution < 1.29 is 13.9 Å². The van der Waals surface area contributed by atoms with Gasteiger partial charge < -0.3 is 10.8 Å². The van der Waals surface area contributed by atoms with Crippen LogP contribution >= 0.6 is 0 Å². The SMILES string of the molecule is CC(C)C(CN)C(O)Cc1cc(F)cc(F)c1. The van der Waals surface area contributed by atoms with Gasteiger partial charge in [0, 0.05) is 6.07 Å². The second-order valence-electron chi connectivity index (χ2n) is 4.69. The second kappa shape index (κ2) is 6.07. The van der Waals surface area contributed by atoms with Crippen LogP contribution in [0.1, 0.15) is 19.4 Å². The minimum atomic E-state index is -0.679. The van der Waals surface area contributed by atoms with Gasteiger partial charge in [-0.2, -0.15) is 0 Å². The van der Waals surface area contributed by atoms with Gasteiger partial charge in [0.15, 0.2) is 0 Å². The third-order valence-corrected chi connectivity index (χ3v) is 2.99. The Morgan fingerprint density at radius 1 is 1.18 bits per heavy atom. The Morgan fingerprint density at radius 3 is 2.12 bits per heavy atom. The van der Waals surface area contributed by atoms with Crippen molar-refractivity contribution in [2.45, 2.75) is 26.4 Å². The summed E-state index contributed by atoms with van der Waals surface area (Å²) in [6.07, 6.45) is -0.462. The van der Waals surface area contributed by atoms with Gasteiger partial charge >= 0.3 is 0 Å². The standard InChI is InChI=1S/C13H19F2NO/c1-8(2)12(7-16)13(17)5-9-3-10(14)6-11(15)4-9/h3-4,6,8,12-13,17H,5,7,16H2,1-2H3. The molecule has 4 heteroatoms. The van der Waals surface area contributed by atoms with Crippen molar-refractivity contribution in [3.63, 3.8) is 0 Å². The second-order valence-corrected chi connectivity index (χ2v) is 4.69. The van der Waals surface area contributed by atoms with Gasteiger partial charge in [0.05, 0.1) is 6.10 Å². The highest BCUT2D eigenvalue weighted by atomic mass is 19.1. The van der Waals surface area contributed by atoms with Gasteiger partial charge in [0.1, 0.15) is 11.6 Å². The Balaban J connectivity index is 2.76. The van der Waals surface area contributed by atoms with E-state index >= 15 is 0 Å². The van der Waals surface area contributed by atoms with Crippen LogP contribution < -0.4 is 5.73 Å². The first kappa shape index (κ1) is 14.1. The molecule has 3 N–H and O–H groups in total. The van der Waals surface area contributed by atoms with Crippen LogP contribution in [0.5, 0.6) is 0 Å². The van der Waals surface area contributed by atoms with E-state index in [4.69, 9.17) is 5.73 Å². The van der Waals surface area contributed by atoms with Crippen molar-refractivity contribution in [1.82, 2.24) is 0 Å². The first-order chi connectivity index (χ1) is 7.93. The highest BCUT2D eigenvalue weighted by Gasteiger charge is 2.21. The Morgan fingerprint density at radius 2 is 1.71 bits per heavy atom. The molecule has 0 saturated carbocycles. The van der Waals surface area contributed by atoms with E-state index in [-0.39, 0.29) is 18.3 Å². The number of benzene rings is 1. The zero-order valence-corrected chi connectivity index (χ0v) is 10.2. The molecule has 0 aliphatic rings. The third-order valence-electron chi connectivity index (χ3n) is 2.99. The summed E-state index contributed by atoms with van der Waals surface area (Å²) < 4.78 is 25.9. The molecular weight excluding hydrogens is 224 g/mol. The molecule has 0 fully saturated rings. The fourth-order valence-electron chi connectivity index (χ4n) is 2.00. The minimum absolute atomic E-state index is 0.0682. The van der Waals surface area contributed by atoms with Crippen molar-refractivity contribution in [2.24, 2.45) is 17.6 Å². The van der Waals surface area contributed by atoms with Gasteiger partial charge in [-0.25, -0.2) is 8.78 Å². The molecule has 1 aromatic carbocycles. The van der Waals surface area contributed by atoms with Gasteiger partial charge in [-0.05, 0) is 42.5 Å². The fourth-order valence-corrected chi connectivity index (χ4v) is 2.00. The van der Waals surface area contributed by atoms with Gasteiger partial charge in [-0.15, -0.1) is 0 Å². The fraction of sp³-hybridized carbons (Fsp3) is 0.538. The molecule has 2 atom stereocenters. The predicted molar refractivity (Wildman–Crippen MR) is 63.5 cm³/mol. The Labute approximate surface area is 100 Å². The first-order valence-corrected chi connectivity index (χ1v) is 5.77. The molecule has 0 aromatic heterocycles. The summed E-state index contributed by atoms with van der Waals surface area (Å²) in [6, 6.07) is 3.29. The lowest BCUT2D eigenvalue weighted by Gasteiger charge is -2.25. The molecule has 96 valence electrons. The van der Waals surface area contributed by atoms with Crippen LogP contribution in [-0.4, -0.2) is 17.8 Å². The normalized spacial score (nSPS) is 15.0. The van der Waals surface area contributed by atoms with Crippen LogP contribution in [0.3, 0.4) is 0 Å². The Bertz CT molecular complexity index is 348. The van der Waals surface area contributed by atoms with E-state index in [1.54, 1.807) is 0 Å². The summed E-state index contributed by atoms with van der Waals surface area (Å²) >= 11 is 0. The van der Waals surface area contributed by atoms with Gasteiger partial charge in [-0.1, -0.05) is 13.8 Å². The van der Waals surface area contributed by atoms with Crippen LogP contribution in [0, 0.1) is 23.5 Å². The molecule has 0 aliphatic heterocycles. The summed E-state index contributed by atoms with van der Waals surface area (Å²) in [4.78, 5) is 0. The van der Waals surface area contributed by atoms with E-state index in [0.29, 0.717) is 12.1 Å². The summed E-state index contributed by atoms with van der Waals surface area (Å²) in [5, 5.41) is 9.99. The van der Waals surface area contributed by atoms with Crippen LogP contribution in [0.15, 0.2) is 18.2 Å². The number of aliphatic hydroxyl groups excluding tert-OH is 1. The van der Waals surface area contributed by atoms with Crippen LogP contribution in [0.2, 0.25) is 0 Å². The van der Waals surface area contributed by atoms with E-state index in [2.05, 4.69) is 0 Å². The topological polar surface area (TPSA) is 46.2 Å². The van der Waals surface area contributed by atoms with E-state index in [1.165, 1.54) is 12.1 Å². The van der Waals surface area contributed by atoms with Crippen molar-refractivity contribution >= 4 is 0 Å². The molecule has 0 heterocycles. The summed E-state index contributed by atoms with van der Waals surface area (Å²) in [6.45, 7) is 4.29. The Hall–Kier alpha value is -1.00. The van der Waals surface area contributed by atoms with Gasteiger partial charge in [0.25, 0.3) is 0 Å². The average Bonchev–Trinajstić information content (AvgIpc) is 2.15. The smallest absolute Gasteiger partial charge is 0.126 e. The van der Waals surface area contributed by atoms with E-state index < -0.39 is 17.7 Å². The van der Waals surface area contributed by atoms with E-state index in [9.17, 15) is 13.9 Å². The Kier molecular flexibility index (Phi) is 5.02. The molecule has 0 aliphatic carbocycles. The molecule has 0 spiro atoms. The molecule has 2 nitrogen and oxygen atoms in total. The third kappa shape index (κ3) is 4.06. The van der Waals surface area contributed by atoms with Crippen molar-refractivity contribution in [1.29, 1.82) is 0 Å². The van der Waals surface area contributed by atoms with Crippen LogP contribution in [0.25, 0.3) is 0 Å². The molecule has 2 unspecified atom stereocenters. The number of hydrogen-bond acceptors (Lipinski definition) is 2. The number of halogens is 2. The van der Waals surface area contributed by atoms with Crippen molar-refractivity contribution in [2.75, 3.05) is 6.54 Å². The molecular formula is C13H19F2NO. The molecule has 1 aromatic rings. The van der Waals surface area contributed by atoms with Crippen molar-refractivity contribution in [3.05, 3.63) is 35.4 Å². The number of aliphatic hydroxyl groups is 1. The van der Waals surface area contributed by atoms with Crippen molar-refractivity contribution in [3.8, 4) is 0 Å². The largest absolute Gasteiger partial charge is 0.392 e. The van der Waals surface area contributed by atoms with Gasteiger partial charge in [0.2, 0.25) is 0 Å². The molecule has 17 heavy (non-hydrogen) atoms.